The Morgan fingerprint density at radius 2 is 2.19 bits per heavy atom. The third-order valence-electron chi connectivity index (χ3n) is 4.32. The van der Waals surface area contributed by atoms with Crippen LogP contribution in [0, 0.1) is 5.92 Å². The van der Waals surface area contributed by atoms with Crippen molar-refractivity contribution in [3.05, 3.63) is 27.7 Å². The minimum absolute atomic E-state index is 0.0984. The van der Waals surface area contributed by atoms with Gasteiger partial charge in [0.15, 0.2) is 0 Å². The van der Waals surface area contributed by atoms with E-state index in [0.717, 1.165) is 25.9 Å². The quantitative estimate of drug-likeness (QED) is 0.428. The van der Waals surface area contributed by atoms with Crippen LogP contribution < -0.4 is 16.0 Å². The van der Waals surface area contributed by atoms with Crippen LogP contribution in [-0.2, 0) is 6.42 Å². The zero-order valence-electron chi connectivity index (χ0n) is 11.9. The number of piperidine rings is 1. The monoisotopic (exact) mass is 295 g/mol. The molecule has 1 aliphatic heterocycles. The summed E-state index contributed by atoms with van der Waals surface area (Å²) in [5, 5.41) is 13.0. The van der Waals surface area contributed by atoms with Gasteiger partial charge in [0, 0.05) is 18.2 Å². The van der Waals surface area contributed by atoms with Gasteiger partial charge in [0.2, 0.25) is 0 Å². The van der Waals surface area contributed by atoms with Crippen molar-refractivity contribution in [1.82, 2.24) is 14.9 Å². The Morgan fingerprint density at radius 1 is 1.48 bits per heavy atom. The van der Waals surface area contributed by atoms with E-state index in [1.165, 1.54) is 6.08 Å². The lowest BCUT2D eigenvalue weighted by atomic mass is 9.94. The minimum Gasteiger partial charge on any atom is -0.463 e. The van der Waals surface area contributed by atoms with E-state index < -0.39 is 11.7 Å². The molecule has 6 nitrogen and oxygen atoms in total. The fourth-order valence-electron chi connectivity index (χ4n) is 3.18. The van der Waals surface area contributed by atoms with Gasteiger partial charge in [-0.05, 0) is 32.0 Å². The van der Waals surface area contributed by atoms with Crippen molar-refractivity contribution >= 4 is 12.0 Å². The van der Waals surface area contributed by atoms with Gasteiger partial charge in [0.25, 0.3) is 0 Å². The van der Waals surface area contributed by atoms with Gasteiger partial charge in [-0.3, -0.25) is 4.57 Å². The van der Waals surface area contributed by atoms with Crippen molar-refractivity contribution in [2.45, 2.75) is 25.3 Å². The van der Waals surface area contributed by atoms with Gasteiger partial charge in [-0.25, -0.2) is 14.2 Å². The Labute approximate surface area is 121 Å². The van der Waals surface area contributed by atoms with Crippen LogP contribution in [0.3, 0.4) is 0 Å². The molecule has 3 rings (SSSR count). The van der Waals surface area contributed by atoms with Crippen molar-refractivity contribution in [2.24, 2.45) is 5.92 Å². The normalized spacial score (nSPS) is 23.8. The fraction of sp³-hybridized carbons (Fsp3) is 0.571. The van der Waals surface area contributed by atoms with Crippen LogP contribution in [-0.4, -0.2) is 40.7 Å². The molecule has 1 fully saturated rings. The van der Waals surface area contributed by atoms with E-state index in [0.29, 0.717) is 11.4 Å². The first kappa shape index (κ1) is 14.1. The zero-order valence-corrected chi connectivity index (χ0v) is 11.9. The van der Waals surface area contributed by atoms with Gasteiger partial charge in [0.1, 0.15) is 18.8 Å². The lowest BCUT2D eigenvalue weighted by molar-refractivity contribution is -0.433. The molecule has 0 aromatic carbocycles. The average Bonchev–Trinajstić information content (AvgIpc) is 2.81. The summed E-state index contributed by atoms with van der Waals surface area (Å²) in [6.07, 6.45) is 3.35. The summed E-state index contributed by atoms with van der Waals surface area (Å²) in [7, 11) is 1.54. The number of halogens is 1. The molecule has 1 aliphatic carbocycles. The van der Waals surface area contributed by atoms with Gasteiger partial charge in [-0.1, -0.05) is 0 Å². The number of imidazole rings is 1. The molecule has 1 aromatic heterocycles. The summed E-state index contributed by atoms with van der Waals surface area (Å²) in [4.78, 5) is 17.6. The maximum Gasteiger partial charge on any atom is 0.342 e. The van der Waals surface area contributed by atoms with Gasteiger partial charge >= 0.3 is 11.6 Å². The Balaban J connectivity index is 2.00. The summed E-state index contributed by atoms with van der Waals surface area (Å²) < 4.78 is 15.9. The number of hydrogen-bond donors (Lipinski definition) is 4. The van der Waals surface area contributed by atoms with Crippen LogP contribution in [0.5, 0.6) is 0 Å². The Kier molecular flexibility index (Phi) is 3.67. The second-order valence-electron chi connectivity index (χ2n) is 5.57. The molecule has 1 saturated heterocycles. The van der Waals surface area contributed by atoms with Crippen molar-refractivity contribution in [3.63, 3.8) is 0 Å². The van der Waals surface area contributed by atoms with E-state index in [1.807, 2.05) is 0 Å². The van der Waals surface area contributed by atoms with E-state index in [9.17, 15) is 14.3 Å². The molecule has 7 heteroatoms. The lowest BCUT2D eigenvalue weighted by Crippen LogP contribution is -2.70. The van der Waals surface area contributed by atoms with Crippen LogP contribution in [0.15, 0.2) is 10.6 Å². The number of hydrogen-bond acceptors (Lipinski definition) is 2. The van der Waals surface area contributed by atoms with E-state index in [4.69, 9.17) is 0 Å². The summed E-state index contributed by atoms with van der Waals surface area (Å²) in [6, 6.07) is 0.0984. The van der Waals surface area contributed by atoms with E-state index in [-0.39, 0.29) is 24.1 Å². The third-order valence-corrected chi connectivity index (χ3v) is 4.32. The molecule has 114 valence electrons. The van der Waals surface area contributed by atoms with E-state index in [2.05, 4.69) is 15.3 Å². The SMILES string of the molecule is C[NH+]=C(O)C1Cc2[nH]c(=O)n(C3CCNCC3)c2C=C1F. The maximum absolute atomic E-state index is 14.2. The number of aliphatic hydroxyl groups excluding tert-OH is 1. The molecule has 0 bridgehead atoms. The third kappa shape index (κ3) is 2.42. The molecule has 4 N–H and O–H groups in total. The zero-order chi connectivity index (χ0) is 15.0. The number of aromatic nitrogens is 2. The summed E-state index contributed by atoms with van der Waals surface area (Å²) in [6.45, 7) is 1.72. The van der Waals surface area contributed by atoms with Crippen LogP contribution in [0.2, 0.25) is 0 Å². The number of fused-ring (bicyclic) bond motifs is 1. The van der Waals surface area contributed by atoms with Crippen molar-refractivity contribution < 1.29 is 14.5 Å². The van der Waals surface area contributed by atoms with Crippen LogP contribution in [0.4, 0.5) is 4.39 Å². The first-order valence-electron chi connectivity index (χ1n) is 7.26. The highest BCUT2D eigenvalue weighted by molar-refractivity contribution is 5.77. The molecule has 0 spiro atoms. The number of H-pyrrole nitrogens is 1. The molecule has 1 atom stereocenters. The molecule has 1 aromatic rings. The number of aromatic amines is 1. The molecule has 1 unspecified atom stereocenters. The maximum atomic E-state index is 14.2. The molecule has 0 saturated carbocycles. The highest BCUT2D eigenvalue weighted by Crippen LogP contribution is 2.30. The van der Waals surface area contributed by atoms with E-state index >= 15 is 0 Å². The Bertz CT molecular complexity index is 652. The van der Waals surface area contributed by atoms with Gasteiger partial charge in [0.05, 0.1) is 5.69 Å². The van der Waals surface area contributed by atoms with Crippen molar-refractivity contribution in [1.29, 1.82) is 0 Å². The molecule has 21 heavy (non-hydrogen) atoms. The fourth-order valence-corrected chi connectivity index (χ4v) is 3.18. The van der Waals surface area contributed by atoms with Crippen molar-refractivity contribution in [2.75, 3.05) is 20.1 Å². The second-order valence-corrected chi connectivity index (χ2v) is 5.57. The van der Waals surface area contributed by atoms with Crippen LogP contribution in [0.1, 0.15) is 30.3 Å². The highest BCUT2D eigenvalue weighted by atomic mass is 19.1. The van der Waals surface area contributed by atoms with Gasteiger partial charge in [-0.2, -0.15) is 0 Å². The van der Waals surface area contributed by atoms with Crippen LogP contribution in [0.25, 0.3) is 6.08 Å². The number of aliphatic hydroxyl groups is 1. The second kappa shape index (κ2) is 5.48. The summed E-state index contributed by atoms with van der Waals surface area (Å²) in [5.74, 6) is -1.28. The number of nitrogens with one attached hydrogen (secondary N) is 3. The number of rotatable bonds is 2. The van der Waals surface area contributed by atoms with E-state index in [1.54, 1.807) is 11.6 Å². The lowest BCUT2D eigenvalue weighted by Gasteiger charge is -2.25. The first-order chi connectivity index (χ1) is 10.1. The summed E-state index contributed by atoms with van der Waals surface area (Å²) in [5.41, 5.74) is 1.11. The Hall–Kier alpha value is -1.89. The molecule has 2 aliphatic rings. The Morgan fingerprint density at radius 3 is 2.86 bits per heavy atom. The minimum atomic E-state index is -0.734. The standard InChI is InChI=1S/C14H19FN4O2/c1-16-13(20)9-6-11-12(7-10(9)15)19(14(21)18-11)8-2-4-17-5-3-8/h7-9,17H,2-6H2,1H3,(H,16,20)(H,18,21)/p+1. The smallest absolute Gasteiger partial charge is 0.342 e. The topological polar surface area (TPSA) is 84.0 Å². The largest absolute Gasteiger partial charge is 0.463 e. The molecule has 0 amide bonds. The van der Waals surface area contributed by atoms with Gasteiger partial charge in [-0.15, -0.1) is 0 Å². The van der Waals surface area contributed by atoms with Gasteiger partial charge < -0.3 is 15.4 Å². The van der Waals surface area contributed by atoms with Crippen molar-refractivity contribution in [3.8, 4) is 0 Å². The average molecular weight is 295 g/mol. The first-order valence-corrected chi connectivity index (χ1v) is 7.26. The molecule has 2 heterocycles. The number of nitrogens with zero attached hydrogens (tertiary/aromatic N) is 1. The predicted octanol–water partition coefficient (Wildman–Crippen LogP) is -0.749. The molecular weight excluding hydrogens is 275 g/mol. The van der Waals surface area contributed by atoms with Crippen LogP contribution >= 0.6 is 0 Å². The predicted molar refractivity (Wildman–Crippen MR) is 77.0 cm³/mol. The molecule has 0 radical (unpaired) electrons. The summed E-state index contributed by atoms with van der Waals surface area (Å²) >= 11 is 0. The highest BCUT2D eigenvalue weighted by Gasteiger charge is 2.33. The molecular formula is C14H20FN4O2+.